The van der Waals surface area contributed by atoms with Gasteiger partial charge in [-0.15, -0.1) is 0 Å². The molecule has 0 unspecified atom stereocenters. The largest absolute Gasteiger partial charge is 0.495 e. The lowest BCUT2D eigenvalue weighted by Gasteiger charge is -2.22. The van der Waals surface area contributed by atoms with E-state index in [0.29, 0.717) is 30.5 Å². The summed E-state index contributed by atoms with van der Waals surface area (Å²) in [5.41, 5.74) is -0.897. The van der Waals surface area contributed by atoms with E-state index in [0.717, 1.165) is 12.8 Å². The number of nitrogens with one attached hydrogen (secondary N) is 1. The molecule has 1 amide bonds. The van der Waals surface area contributed by atoms with Gasteiger partial charge in [-0.2, -0.15) is 5.10 Å². The Morgan fingerprint density at radius 2 is 2.14 bits per heavy atom. The third kappa shape index (κ3) is 5.07. The molecule has 154 valence electrons. The second kappa shape index (κ2) is 8.26. The zero-order valence-corrected chi connectivity index (χ0v) is 16.8. The summed E-state index contributed by atoms with van der Waals surface area (Å²) >= 11 is 0. The Morgan fingerprint density at radius 1 is 1.43 bits per heavy atom. The molecule has 8 heteroatoms. The molecule has 0 spiro atoms. The van der Waals surface area contributed by atoms with Gasteiger partial charge >= 0.3 is 0 Å². The summed E-state index contributed by atoms with van der Waals surface area (Å²) in [4.78, 5) is 13.1. The van der Waals surface area contributed by atoms with E-state index in [9.17, 15) is 15.0 Å². The molecule has 2 aromatic rings. The minimum Gasteiger partial charge on any atom is -0.495 e. The first kappa shape index (κ1) is 20.3. The molecule has 0 radical (unpaired) electrons. The highest BCUT2D eigenvalue weighted by Gasteiger charge is 2.29. The number of aliphatic hydroxyl groups is 1. The molecule has 0 bridgehead atoms. The minimum atomic E-state index is -0.897. The Bertz CT molecular complexity index is 799. The number of anilines is 1. The van der Waals surface area contributed by atoms with Crippen molar-refractivity contribution < 1.29 is 19.7 Å². The van der Waals surface area contributed by atoms with Crippen LogP contribution in [0, 0.1) is 5.92 Å². The van der Waals surface area contributed by atoms with Crippen LogP contribution in [0.25, 0.3) is 0 Å². The zero-order valence-electron chi connectivity index (χ0n) is 16.8. The third-order valence-electron chi connectivity index (χ3n) is 5.15. The van der Waals surface area contributed by atoms with Crippen LogP contribution in [0.2, 0.25) is 0 Å². The van der Waals surface area contributed by atoms with Crippen molar-refractivity contribution in [1.82, 2.24) is 14.3 Å². The monoisotopic (exact) mass is 390 g/mol. The lowest BCUT2D eigenvalue weighted by molar-refractivity contribution is -0.119. The maximum absolute atomic E-state index is 13.1. The second-order valence-electron chi connectivity index (χ2n) is 8.25. The van der Waals surface area contributed by atoms with Crippen LogP contribution in [0.5, 0.6) is 11.6 Å². The molecule has 2 heterocycles. The van der Waals surface area contributed by atoms with Gasteiger partial charge in [-0.1, -0.05) is 25.7 Å². The van der Waals surface area contributed by atoms with Crippen LogP contribution < -0.4 is 10.1 Å². The number of nitrogens with zero attached hydrogens (tertiary/aromatic N) is 3. The Kier molecular flexibility index (Phi) is 5.98. The van der Waals surface area contributed by atoms with Crippen molar-refractivity contribution in [2.45, 2.75) is 64.1 Å². The summed E-state index contributed by atoms with van der Waals surface area (Å²) in [5, 5.41) is 27.4. The molecular weight excluding hydrogens is 360 g/mol. The van der Waals surface area contributed by atoms with E-state index >= 15 is 0 Å². The van der Waals surface area contributed by atoms with E-state index < -0.39 is 11.6 Å². The first-order valence-corrected chi connectivity index (χ1v) is 9.77. The molecule has 1 fully saturated rings. The van der Waals surface area contributed by atoms with Crippen LogP contribution in [0.4, 0.5) is 5.82 Å². The van der Waals surface area contributed by atoms with Gasteiger partial charge in [0, 0.05) is 18.3 Å². The number of aromatic hydroxyl groups is 1. The number of ether oxygens (including phenoxy) is 1. The number of hydrogen-bond acceptors (Lipinski definition) is 5. The average Bonchev–Trinajstić information content (AvgIpc) is 3.33. The fourth-order valence-electron chi connectivity index (χ4n) is 3.83. The molecular formula is C20H30N4O4. The normalized spacial score (nSPS) is 16.3. The third-order valence-corrected chi connectivity index (χ3v) is 5.15. The van der Waals surface area contributed by atoms with E-state index in [1.807, 2.05) is 0 Å². The number of amides is 1. The maximum Gasteiger partial charge on any atom is 0.248 e. The lowest BCUT2D eigenvalue weighted by Crippen LogP contribution is -2.28. The first-order valence-electron chi connectivity index (χ1n) is 9.77. The van der Waals surface area contributed by atoms with Crippen LogP contribution in [0.3, 0.4) is 0 Å². The highest BCUT2D eigenvalue weighted by atomic mass is 16.5. The second-order valence-corrected chi connectivity index (χ2v) is 8.25. The Labute approximate surface area is 165 Å². The number of aromatic nitrogens is 3. The van der Waals surface area contributed by atoms with Gasteiger partial charge in [0.05, 0.1) is 25.5 Å². The Morgan fingerprint density at radius 3 is 2.75 bits per heavy atom. The van der Waals surface area contributed by atoms with Crippen molar-refractivity contribution in [3.63, 3.8) is 0 Å². The van der Waals surface area contributed by atoms with Crippen molar-refractivity contribution in [3.8, 4) is 11.6 Å². The molecule has 1 aliphatic carbocycles. The minimum absolute atomic E-state index is 0.00237. The van der Waals surface area contributed by atoms with Crippen molar-refractivity contribution in [3.05, 3.63) is 24.5 Å². The fraction of sp³-hybridized carbons (Fsp3) is 0.600. The zero-order chi connectivity index (χ0) is 20.3. The van der Waals surface area contributed by atoms with Crippen LogP contribution in [-0.4, -0.2) is 43.2 Å². The van der Waals surface area contributed by atoms with Gasteiger partial charge in [-0.3, -0.25) is 9.48 Å². The number of carbonyl (C=O) groups is 1. The number of hydrogen-bond donors (Lipinski definition) is 3. The van der Waals surface area contributed by atoms with Crippen molar-refractivity contribution in [1.29, 1.82) is 0 Å². The molecule has 8 nitrogen and oxygen atoms in total. The highest BCUT2D eigenvalue weighted by molar-refractivity contribution is 5.93. The predicted molar refractivity (Wildman–Crippen MR) is 105 cm³/mol. The van der Waals surface area contributed by atoms with Gasteiger partial charge in [-0.25, -0.2) is 0 Å². The van der Waals surface area contributed by atoms with Gasteiger partial charge in [0.15, 0.2) is 11.7 Å². The van der Waals surface area contributed by atoms with Gasteiger partial charge in [0.25, 0.3) is 0 Å². The molecule has 0 aromatic carbocycles. The van der Waals surface area contributed by atoms with E-state index in [-0.39, 0.29) is 11.8 Å². The Hall–Kier alpha value is -2.48. The van der Waals surface area contributed by atoms with Gasteiger partial charge in [-0.05, 0) is 26.2 Å². The number of methoxy groups -OCH3 is 1. The van der Waals surface area contributed by atoms with Gasteiger partial charge < -0.3 is 24.8 Å². The smallest absolute Gasteiger partial charge is 0.248 e. The van der Waals surface area contributed by atoms with E-state index in [4.69, 9.17) is 4.74 Å². The first-order chi connectivity index (χ1) is 13.2. The number of rotatable bonds is 8. The quantitative estimate of drug-likeness (QED) is 0.643. The predicted octanol–water partition coefficient (Wildman–Crippen LogP) is 2.93. The lowest BCUT2D eigenvalue weighted by atomic mass is 9.97. The standard InChI is InChI=1S/C20H30N4O4/c1-20(2,27)13-23-9-8-17(22-23)21-19(26)16(10-14-6-4-5-7-14)24-12-15(28-3)11-18(24)25/h8-9,11-12,14,16,25,27H,4-7,10,13H2,1-3H3,(H,21,22,26)/t16-/m0/s1. The SMILES string of the molecule is COc1cc(O)n([C@@H](CC2CCCC2)C(=O)Nc2ccn(CC(C)(C)O)n2)c1. The molecule has 1 saturated carbocycles. The van der Waals surface area contributed by atoms with E-state index in [1.54, 1.807) is 41.6 Å². The van der Waals surface area contributed by atoms with Crippen LogP contribution in [0.15, 0.2) is 24.5 Å². The summed E-state index contributed by atoms with van der Waals surface area (Å²) in [5.74, 6) is 1.16. The van der Waals surface area contributed by atoms with Crippen molar-refractivity contribution in [2.24, 2.45) is 5.92 Å². The molecule has 0 saturated heterocycles. The van der Waals surface area contributed by atoms with Crippen molar-refractivity contribution >= 4 is 11.7 Å². The average molecular weight is 390 g/mol. The summed E-state index contributed by atoms with van der Waals surface area (Å²) in [6, 6.07) is 2.66. The van der Waals surface area contributed by atoms with Crippen LogP contribution in [-0.2, 0) is 11.3 Å². The van der Waals surface area contributed by atoms with Gasteiger partial charge in [0.1, 0.15) is 11.8 Å². The number of carbonyl (C=O) groups excluding carboxylic acids is 1. The van der Waals surface area contributed by atoms with Gasteiger partial charge in [0.2, 0.25) is 5.91 Å². The molecule has 3 N–H and O–H groups in total. The Balaban J connectivity index is 1.77. The molecule has 1 aliphatic rings. The van der Waals surface area contributed by atoms with Crippen LogP contribution in [0.1, 0.15) is 52.0 Å². The molecule has 1 atom stereocenters. The molecule has 3 rings (SSSR count). The summed E-state index contributed by atoms with van der Waals surface area (Å²) in [6.07, 6.45) is 8.59. The summed E-state index contributed by atoms with van der Waals surface area (Å²) in [7, 11) is 1.53. The summed E-state index contributed by atoms with van der Waals surface area (Å²) in [6.45, 7) is 3.73. The highest BCUT2D eigenvalue weighted by Crippen LogP contribution is 2.35. The van der Waals surface area contributed by atoms with Crippen LogP contribution >= 0.6 is 0 Å². The van der Waals surface area contributed by atoms with Crippen molar-refractivity contribution in [2.75, 3.05) is 12.4 Å². The molecule has 28 heavy (non-hydrogen) atoms. The maximum atomic E-state index is 13.1. The fourth-order valence-corrected chi connectivity index (χ4v) is 3.83. The van der Waals surface area contributed by atoms with E-state index in [2.05, 4.69) is 10.4 Å². The molecule has 2 aromatic heterocycles. The summed E-state index contributed by atoms with van der Waals surface area (Å²) < 4.78 is 8.36. The molecule has 0 aliphatic heterocycles. The van der Waals surface area contributed by atoms with E-state index in [1.165, 1.54) is 26.0 Å². The topological polar surface area (TPSA) is 102 Å².